The predicted octanol–water partition coefficient (Wildman–Crippen LogP) is 2.82. The van der Waals surface area contributed by atoms with Gasteiger partial charge in [0.25, 0.3) is 0 Å². The first-order valence-corrected chi connectivity index (χ1v) is 3.65. The second-order valence-electron chi connectivity index (χ2n) is 2.78. The van der Waals surface area contributed by atoms with Gasteiger partial charge in [-0.1, -0.05) is 43.3 Å². The lowest BCUT2D eigenvalue weighted by Gasteiger charge is -2.01. The third kappa shape index (κ3) is 0.688. The summed E-state index contributed by atoms with van der Waals surface area (Å²) in [4.78, 5) is 0. The van der Waals surface area contributed by atoms with E-state index in [4.69, 9.17) is 0 Å². The molecule has 0 spiro atoms. The van der Waals surface area contributed by atoms with Crippen molar-refractivity contribution in [3.63, 3.8) is 0 Å². The molecule has 0 fully saturated rings. The molecule has 0 aromatic heterocycles. The molecule has 1 atom stereocenters. The highest BCUT2D eigenvalue weighted by atomic mass is 14.1. The molecule has 1 aromatic carbocycles. The van der Waals surface area contributed by atoms with E-state index in [1.54, 1.807) is 0 Å². The van der Waals surface area contributed by atoms with Gasteiger partial charge < -0.3 is 0 Å². The van der Waals surface area contributed by atoms with Crippen molar-refractivity contribution < 1.29 is 0 Å². The number of allylic oxidation sites excluding steroid dienone is 1. The lowest BCUT2D eigenvalue weighted by Crippen LogP contribution is -1.84. The van der Waals surface area contributed by atoms with Gasteiger partial charge in [0.15, 0.2) is 0 Å². The van der Waals surface area contributed by atoms with Gasteiger partial charge in [0.05, 0.1) is 0 Å². The van der Waals surface area contributed by atoms with Gasteiger partial charge in [-0.2, -0.15) is 0 Å². The fourth-order valence-electron chi connectivity index (χ4n) is 1.43. The topological polar surface area (TPSA) is 0 Å². The summed E-state index contributed by atoms with van der Waals surface area (Å²) in [6, 6.07) is 8.54. The zero-order chi connectivity index (χ0) is 6.97. The molecule has 0 radical (unpaired) electrons. The van der Waals surface area contributed by atoms with E-state index in [0.717, 1.165) is 0 Å². The van der Waals surface area contributed by atoms with Gasteiger partial charge in [-0.3, -0.25) is 0 Å². The van der Waals surface area contributed by atoms with Crippen molar-refractivity contribution in [2.75, 3.05) is 0 Å². The summed E-state index contributed by atoms with van der Waals surface area (Å²) in [5.74, 6) is 0.621. The molecule has 0 amide bonds. The van der Waals surface area contributed by atoms with Crippen LogP contribution in [0.1, 0.15) is 24.0 Å². The van der Waals surface area contributed by atoms with Gasteiger partial charge in [-0.25, -0.2) is 0 Å². The Labute approximate surface area is 61.2 Å². The third-order valence-corrected chi connectivity index (χ3v) is 2.05. The van der Waals surface area contributed by atoms with Crippen LogP contribution in [0.15, 0.2) is 30.3 Å². The molecule has 0 nitrogen and oxygen atoms in total. The van der Waals surface area contributed by atoms with E-state index in [0.29, 0.717) is 5.92 Å². The number of fused-ring (bicyclic) bond motifs is 1. The smallest absolute Gasteiger partial charge is 0.000118 e. The first-order chi connectivity index (χ1) is 4.88. The molecule has 0 aliphatic heterocycles. The zero-order valence-electron chi connectivity index (χ0n) is 6.04. The Kier molecular flexibility index (Phi) is 1.13. The summed E-state index contributed by atoms with van der Waals surface area (Å²) in [5.41, 5.74) is 2.84. The molecule has 1 aliphatic carbocycles. The van der Waals surface area contributed by atoms with E-state index in [1.807, 2.05) is 0 Å². The molecule has 0 heterocycles. The number of hydrogen-bond acceptors (Lipinski definition) is 0. The van der Waals surface area contributed by atoms with Crippen molar-refractivity contribution in [1.82, 2.24) is 0 Å². The molecule has 1 aromatic rings. The fourth-order valence-corrected chi connectivity index (χ4v) is 1.43. The zero-order valence-corrected chi connectivity index (χ0v) is 6.04. The molecule has 0 saturated heterocycles. The van der Waals surface area contributed by atoms with Crippen molar-refractivity contribution in [1.29, 1.82) is 0 Å². The largest absolute Gasteiger partial charge is 0.0767 e. The molecular formula is C10H10. The summed E-state index contributed by atoms with van der Waals surface area (Å²) in [7, 11) is 0. The van der Waals surface area contributed by atoms with Gasteiger partial charge >= 0.3 is 0 Å². The monoisotopic (exact) mass is 130 g/mol. The van der Waals surface area contributed by atoms with Gasteiger partial charge in [0.1, 0.15) is 0 Å². The minimum Gasteiger partial charge on any atom is -0.0767 e. The van der Waals surface area contributed by atoms with Crippen molar-refractivity contribution in [2.24, 2.45) is 0 Å². The van der Waals surface area contributed by atoms with Crippen molar-refractivity contribution >= 4 is 6.08 Å². The first kappa shape index (κ1) is 5.72. The predicted molar refractivity (Wildman–Crippen MR) is 43.9 cm³/mol. The fraction of sp³-hybridized carbons (Fsp3) is 0.200. The first-order valence-electron chi connectivity index (χ1n) is 3.65. The van der Waals surface area contributed by atoms with Crippen LogP contribution in [0.25, 0.3) is 6.08 Å². The van der Waals surface area contributed by atoms with Gasteiger partial charge in [0, 0.05) is 0 Å². The van der Waals surface area contributed by atoms with Crippen LogP contribution in [-0.2, 0) is 0 Å². The minimum absolute atomic E-state index is 0.621. The maximum atomic E-state index is 2.24. The van der Waals surface area contributed by atoms with E-state index in [1.165, 1.54) is 11.1 Å². The molecule has 1 aliphatic rings. The molecule has 0 bridgehead atoms. The molecule has 0 N–H and O–H groups in total. The second kappa shape index (κ2) is 1.98. The van der Waals surface area contributed by atoms with Gasteiger partial charge in [-0.15, -0.1) is 0 Å². The van der Waals surface area contributed by atoms with Crippen molar-refractivity contribution in [2.45, 2.75) is 12.8 Å². The third-order valence-electron chi connectivity index (χ3n) is 2.05. The van der Waals surface area contributed by atoms with E-state index in [9.17, 15) is 0 Å². The minimum atomic E-state index is 0.621. The molecular weight excluding hydrogens is 120 g/mol. The molecule has 2 rings (SSSR count). The van der Waals surface area contributed by atoms with E-state index in [-0.39, 0.29) is 0 Å². The lowest BCUT2D eigenvalue weighted by atomic mass is 10.0. The number of rotatable bonds is 0. The average molecular weight is 130 g/mol. The highest BCUT2D eigenvalue weighted by Gasteiger charge is 2.09. The Morgan fingerprint density at radius 3 is 2.80 bits per heavy atom. The van der Waals surface area contributed by atoms with Crippen LogP contribution in [0.2, 0.25) is 0 Å². The standard InChI is InChI=1S/C10H10/c1-8-6-7-9-4-2-3-5-10(8)9/h2-8H,1H3. The highest BCUT2D eigenvalue weighted by Crippen LogP contribution is 2.28. The van der Waals surface area contributed by atoms with E-state index < -0.39 is 0 Å². The van der Waals surface area contributed by atoms with Crippen LogP contribution in [-0.4, -0.2) is 0 Å². The Hall–Kier alpha value is -1.04. The van der Waals surface area contributed by atoms with Crippen LogP contribution >= 0.6 is 0 Å². The van der Waals surface area contributed by atoms with Gasteiger partial charge in [-0.05, 0) is 17.0 Å². The highest BCUT2D eigenvalue weighted by molar-refractivity contribution is 5.61. The van der Waals surface area contributed by atoms with Crippen LogP contribution in [0.5, 0.6) is 0 Å². The maximum absolute atomic E-state index is 2.24. The van der Waals surface area contributed by atoms with Gasteiger partial charge in [0.2, 0.25) is 0 Å². The summed E-state index contributed by atoms with van der Waals surface area (Å²) < 4.78 is 0. The normalized spacial score (nSPS) is 21.1. The molecule has 1 unspecified atom stereocenters. The summed E-state index contributed by atoms with van der Waals surface area (Å²) >= 11 is 0. The van der Waals surface area contributed by atoms with Crippen LogP contribution < -0.4 is 0 Å². The molecule has 0 heteroatoms. The SMILES string of the molecule is CC1C=Cc2ccccc21. The average Bonchev–Trinajstić information content (AvgIpc) is 2.34. The summed E-state index contributed by atoms with van der Waals surface area (Å²) in [6.07, 6.45) is 4.44. The van der Waals surface area contributed by atoms with E-state index >= 15 is 0 Å². The molecule has 10 heavy (non-hydrogen) atoms. The summed E-state index contributed by atoms with van der Waals surface area (Å²) in [6.45, 7) is 2.22. The van der Waals surface area contributed by atoms with Crippen LogP contribution in [0.4, 0.5) is 0 Å². The molecule has 50 valence electrons. The summed E-state index contributed by atoms with van der Waals surface area (Å²) in [5, 5.41) is 0. The number of hydrogen-bond donors (Lipinski definition) is 0. The van der Waals surface area contributed by atoms with E-state index in [2.05, 4.69) is 43.3 Å². The lowest BCUT2D eigenvalue weighted by molar-refractivity contribution is 0.990. The quantitative estimate of drug-likeness (QED) is 0.506. The van der Waals surface area contributed by atoms with Crippen LogP contribution in [0.3, 0.4) is 0 Å². The Morgan fingerprint density at radius 2 is 2.00 bits per heavy atom. The Bertz CT molecular complexity index is 271. The number of benzene rings is 1. The van der Waals surface area contributed by atoms with Crippen molar-refractivity contribution in [3.05, 3.63) is 41.5 Å². The van der Waals surface area contributed by atoms with Crippen molar-refractivity contribution in [3.8, 4) is 0 Å². The second-order valence-corrected chi connectivity index (χ2v) is 2.78. The van der Waals surface area contributed by atoms with Crippen LogP contribution in [0, 0.1) is 0 Å². The Morgan fingerprint density at radius 1 is 1.20 bits per heavy atom. The molecule has 0 saturated carbocycles. The Balaban J connectivity index is 2.59. The maximum Gasteiger partial charge on any atom is -0.000118 e.